The van der Waals surface area contributed by atoms with E-state index < -0.39 is 12.2 Å². The molecule has 10 heavy (non-hydrogen) atoms. The molecule has 0 aromatic rings. The van der Waals surface area contributed by atoms with Gasteiger partial charge < -0.3 is 15.9 Å². The molecule has 0 bridgehead atoms. The fourth-order valence-electron chi connectivity index (χ4n) is 0.0383. The van der Waals surface area contributed by atoms with Gasteiger partial charge in [0.1, 0.15) is 0 Å². The average molecular weight is 148 g/mol. The van der Waals surface area contributed by atoms with Crippen molar-refractivity contribution in [2.75, 3.05) is 0 Å². The molecular weight excluding hydrogens is 144 g/mol. The maximum absolute atomic E-state index is 9.18. The van der Waals surface area contributed by atoms with Crippen molar-refractivity contribution < 1.29 is 19.8 Å². The van der Waals surface area contributed by atoms with Crippen LogP contribution in [0.15, 0.2) is 5.11 Å². The molecule has 2 amide bonds. The minimum atomic E-state index is -1.50. The standard InChI is InChI=1S/CHN3O2.CH3NO2/c2-4-3-1(5)6;2-1(3)4/h(H,5,6);2H2,(H,3,4). The van der Waals surface area contributed by atoms with Crippen molar-refractivity contribution in [3.8, 4) is 0 Å². The van der Waals surface area contributed by atoms with Crippen LogP contribution in [0.1, 0.15) is 0 Å². The molecule has 0 radical (unpaired) electrons. The topological polar surface area (TPSA) is 149 Å². The lowest BCUT2D eigenvalue weighted by Crippen LogP contribution is -2.03. The fourth-order valence-corrected chi connectivity index (χ4v) is 0.0383. The summed E-state index contributed by atoms with van der Waals surface area (Å²) >= 11 is 0. The van der Waals surface area contributed by atoms with Crippen molar-refractivity contribution in [3.63, 3.8) is 0 Å². The number of carboxylic acid groups (broad SMARTS) is 2. The molecule has 0 saturated heterocycles. The molecule has 0 unspecified atom stereocenters. The Labute approximate surface area is 54.5 Å². The molecule has 8 heteroatoms. The zero-order chi connectivity index (χ0) is 8.57. The second kappa shape index (κ2) is 7.05. The van der Waals surface area contributed by atoms with Crippen LogP contribution in [-0.2, 0) is 0 Å². The van der Waals surface area contributed by atoms with Crippen molar-refractivity contribution in [1.82, 2.24) is 0 Å². The Morgan fingerprint density at radius 3 is 1.80 bits per heavy atom. The van der Waals surface area contributed by atoms with Crippen LogP contribution in [0.3, 0.4) is 0 Å². The van der Waals surface area contributed by atoms with Gasteiger partial charge in [0.25, 0.3) is 0 Å². The monoisotopic (exact) mass is 148 g/mol. The van der Waals surface area contributed by atoms with Crippen LogP contribution in [0.5, 0.6) is 0 Å². The van der Waals surface area contributed by atoms with Gasteiger partial charge in [-0.3, -0.25) is 0 Å². The minimum Gasteiger partial charge on any atom is -0.476 e. The molecule has 0 rings (SSSR count). The van der Waals surface area contributed by atoms with Gasteiger partial charge in [0.05, 0.1) is 0 Å². The summed E-state index contributed by atoms with van der Waals surface area (Å²) in [5, 5.41) is 16.9. The third-order valence-electron chi connectivity index (χ3n) is 0.130. The van der Waals surface area contributed by atoms with E-state index >= 15 is 0 Å². The zero-order valence-corrected chi connectivity index (χ0v) is 4.63. The van der Waals surface area contributed by atoms with Gasteiger partial charge >= 0.3 is 12.2 Å². The number of azide groups is 1. The highest BCUT2D eigenvalue weighted by Gasteiger charge is 1.79. The van der Waals surface area contributed by atoms with Crippen molar-refractivity contribution in [3.05, 3.63) is 10.4 Å². The minimum absolute atomic E-state index is 1.33. The lowest BCUT2D eigenvalue weighted by molar-refractivity contribution is 0.204. The summed E-state index contributed by atoms with van der Waals surface area (Å²) in [7, 11) is 0. The number of hydrogen-bond donors (Lipinski definition) is 3. The van der Waals surface area contributed by atoms with E-state index in [0.29, 0.717) is 0 Å². The molecule has 0 aromatic heterocycles. The van der Waals surface area contributed by atoms with E-state index in [-0.39, 0.29) is 0 Å². The van der Waals surface area contributed by atoms with Crippen LogP contribution in [0.2, 0.25) is 0 Å². The van der Waals surface area contributed by atoms with Crippen LogP contribution in [0.4, 0.5) is 9.59 Å². The Morgan fingerprint density at radius 2 is 1.80 bits per heavy atom. The Hall–Kier alpha value is -1.95. The molecular formula is C2H4N4O4. The number of primary amides is 1. The summed E-state index contributed by atoms with van der Waals surface area (Å²) in [6, 6.07) is 0. The summed E-state index contributed by atoms with van der Waals surface area (Å²) in [6.45, 7) is 0. The Kier molecular flexibility index (Phi) is 7.71. The maximum atomic E-state index is 9.18. The summed E-state index contributed by atoms with van der Waals surface area (Å²) < 4.78 is 0. The first-order valence-corrected chi connectivity index (χ1v) is 1.77. The van der Waals surface area contributed by atoms with Crippen LogP contribution >= 0.6 is 0 Å². The highest BCUT2D eigenvalue weighted by molar-refractivity contribution is 5.65. The quantitative estimate of drug-likeness (QED) is 0.261. The molecule has 0 heterocycles. The highest BCUT2D eigenvalue weighted by atomic mass is 16.4. The van der Waals surface area contributed by atoms with Crippen LogP contribution in [0, 0.1) is 0 Å². The fraction of sp³-hybridized carbons (Fsp3) is 0. The summed E-state index contributed by atoms with van der Waals surface area (Å²) in [4.78, 5) is 19.9. The number of amides is 2. The predicted molar refractivity (Wildman–Crippen MR) is 29.4 cm³/mol. The van der Waals surface area contributed by atoms with Gasteiger partial charge in [-0.2, -0.15) is 0 Å². The molecule has 0 fully saturated rings. The smallest absolute Gasteiger partial charge is 0.402 e. The van der Waals surface area contributed by atoms with E-state index in [4.69, 9.17) is 20.5 Å². The van der Waals surface area contributed by atoms with Crippen LogP contribution < -0.4 is 5.73 Å². The number of carbonyl (C=O) groups is 2. The first kappa shape index (κ1) is 10.9. The van der Waals surface area contributed by atoms with Gasteiger partial charge in [0.15, 0.2) is 0 Å². The lowest BCUT2D eigenvalue weighted by atomic mass is 11.3. The number of nitrogens with zero attached hydrogens (tertiary/aromatic N) is 3. The van der Waals surface area contributed by atoms with E-state index in [1.54, 1.807) is 0 Å². The molecule has 8 nitrogen and oxygen atoms in total. The van der Waals surface area contributed by atoms with Crippen LogP contribution in [-0.4, -0.2) is 22.4 Å². The van der Waals surface area contributed by atoms with E-state index in [9.17, 15) is 4.79 Å². The molecule has 0 aliphatic rings. The summed E-state index contributed by atoms with van der Waals surface area (Å²) in [5.41, 5.74) is 11.3. The molecule has 0 spiro atoms. The van der Waals surface area contributed by atoms with Gasteiger partial charge in [-0.25, -0.2) is 9.59 Å². The number of rotatable bonds is 0. The van der Waals surface area contributed by atoms with E-state index in [2.05, 4.69) is 10.8 Å². The second-order valence-electron chi connectivity index (χ2n) is 0.810. The van der Waals surface area contributed by atoms with Crippen LogP contribution in [0.25, 0.3) is 10.4 Å². The van der Waals surface area contributed by atoms with Gasteiger partial charge in [-0.15, -0.1) is 0 Å². The number of nitrogens with two attached hydrogens (primary N) is 1. The SMILES string of the molecule is NC(=O)O.[N-]=[N+]=NC(=O)O. The second-order valence-corrected chi connectivity index (χ2v) is 0.810. The summed E-state index contributed by atoms with van der Waals surface area (Å²) in [6.07, 6.45) is -2.84. The van der Waals surface area contributed by atoms with Crippen molar-refractivity contribution in [2.45, 2.75) is 0 Å². The summed E-state index contributed by atoms with van der Waals surface area (Å²) in [5.74, 6) is 0. The van der Waals surface area contributed by atoms with Crippen molar-refractivity contribution in [1.29, 1.82) is 0 Å². The number of hydrogen-bond acceptors (Lipinski definition) is 2. The Bertz CT molecular complexity index is 166. The maximum Gasteiger partial charge on any atom is 0.402 e. The van der Waals surface area contributed by atoms with Gasteiger partial charge in [-0.1, -0.05) is 0 Å². The third-order valence-corrected chi connectivity index (χ3v) is 0.130. The van der Waals surface area contributed by atoms with Crippen molar-refractivity contribution >= 4 is 12.2 Å². The van der Waals surface area contributed by atoms with Gasteiger partial charge in [-0.05, 0) is 5.53 Å². The third kappa shape index (κ3) is 140. The lowest BCUT2D eigenvalue weighted by Gasteiger charge is -1.62. The zero-order valence-electron chi connectivity index (χ0n) is 4.63. The Morgan fingerprint density at radius 1 is 1.50 bits per heavy atom. The van der Waals surface area contributed by atoms with Gasteiger partial charge in [0, 0.05) is 10.0 Å². The molecule has 0 aromatic carbocycles. The van der Waals surface area contributed by atoms with E-state index in [1.165, 1.54) is 0 Å². The first-order chi connectivity index (χ1) is 4.50. The first-order valence-electron chi connectivity index (χ1n) is 1.77. The molecule has 4 N–H and O–H groups in total. The molecule has 0 saturated carbocycles. The molecule has 0 aliphatic carbocycles. The largest absolute Gasteiger partial charge is 0.476 e. The van der Waals surface area contributed by atoms with E-state index in [1.807, 2.05) is 4.91 Å². The van der Waals surface area contributed by atoms with Crippen molar-refractivity contribution in [2.24, 2.45) is 10.8 Å². The molecule has 0 aliphatic heterocycles. The average Bonchev–Trinajstić information content (AvgIpc) is 1.62. The predicted octanol–water partition coefficient (Wildman–Crippen LogP) is 0.598. The van der Waals surface area contributed by atoms with E-state index in [0.717, 1.165) is 0 Å². The highest BCUT2D eigenvalue weighted by Crippen LogP contribution is 1.67. The molecule has 0 atom stereocenters. The molecule has 56 valence electrons. The Balaban J connectivity index is 0. The van der Waals surface area contributed by atoms with Gasteiger partial charge in [0.2, 0.25) is 0 Å². The normalized spacial score (nSPS) is 6.00.